The van der Waals surface area contributed by atoms with Crippen LogP contribution < -0.4 is 0 Å². The molecular formula is C18H22N2. The fourth-order valence-corrected chi connectivity index (χ4v) is 2.94. The van der Waals surface area contributed by atoms with Crippen molar-refractivity contribution >= 4 is 11.0 Å². The normalized spacial score (nSPS) is 14.9. The summed E-state index contributed by atoms with van der Waals surface area (Å²) in [5.41, 5.74) is 4.82. The van der Waals surface area contributed by atoms with Crippen LogP contribution in [0, 0.1) is 25.7 Å². The molecule has 2 nitrogen and oxygen atoms in total. The van der Waals surface area contributed by atoms with Crippen LogP contribution in [0.1, 0.15) is 61.9 Å². The molecular weight excluding hydrogens is 244 g/mol. The van der Waals surface area contributed by atoms with Gasteiger partial charge >= 0.3 is 0 Å². The molecule has 0 aromatic carbocycles. The van der Waals surface area contributed by atoms with Crippen LogP contribution in [0.25, 0.3) is 11.0 Å². The van der Waals surface area contributed by atoms with E-state index in [9.17, 15) is 0 Å². The Labute approximate surface area is 121 Å². The monoisotopic (exact) mass is 266 g/mol. The zero-order valence-electron chi connectivity index (χ0n) is 12.7. The van der Waals surface area contributed by atoms with E-state index in [-0.39, 0.29) is 0 Å². The standard InChI is InChI=1S/C18H22N2/c1-4-5-6-10-16-14(3)20(15-8-7-9-15)18-17(16)11-13(2)12-19-18/h11-12,15H,4-5,7-9H2,1-3H3. The third kappa shape index (κ3) is 2.12. The molecule has 1 aliphatic rings. The zero-order chi connectivity index (χ0) is 14.1. The second kappa shape index (κ2) is 5.32. The summed E-state index contributed by atoms with van der Waals surface area (Å²) in [6, 6.07) is 2.87. The highest BCUT2D eigenvalue weighted by Gasteiger charge is 2.25. The first-order valence-electron chi connectivity index (χ1n) is 7.68. The van der Waals surface area contributed by atoms with E-state index in [0.717, 1.165) is 18.5 Å². The largest absolute Gasteiger partial charge is 0.326 e. The van der Waals surface area contributed by atoms with Crippen molar-refractivity contribution in [3.63, 3.8) is 0 Å². The molecule has 0 aliphatic heterocycles. The fourth-order valence-electron chi connectivity index (χ4n) is 2.94. The average molecular weight is 266 g/mol. The van der Waals surface area contributed by atoms with Crippen LogP contribution in [0.2, 0.25) is 0 Å². The zero-order valence-corrected chi connectivity index (χ0v) is 12.7. The van der Waals surface area contributed by atoms with Gasteiger partial charge in [-0.05, 0) is 51.2 Å². The van der Waals surface area contributed by atoms with E-state index in [1.54, 1.807) is 0 Å². The fraction of sp³-hybridized carbons (Fsp3) is 0.500. The van der Waals surface area contributed by atoms with Gasteiger partial charge in [0.05, 0.1) is 5.56 Å². The molecule has 2 heterocycles. The lowest BCUT2D eigenvalue weighted by molar-refractivity contribution is 0.316. The molecule has 2 aromatic rings. The molecule has 0 bridgehead atoms. The van der Waals surface area contributed by atoms with Crippen molar-refractivity contribution in [2.75, 3.05) is 0 Å². The SMILES string of the molecule is CCCC#Cc1c(C)n(C2CCC2)c2ncc(C)cc12. The highest BCUT2D eigenvalue weighted by molar-refractivity contribution is 5.86. The molecule has 20 heavy (non-hydrogen) atoms. The first-order chi connectivity index (χ1) is 9.72. The summed E-state index contributed by atoms with van der Waals surface area (Å²) in [7, 11) is 0. The number of aryl methyl sites for hydroxylation is 1. The highest BCUT2D eigenvalue weighted by Crippen LogP contribution is 2.37. The Morgan fingerprint density at radius 1 is 1.35 bits per heavy atom. The van der Waals surface area contributed by atoms with E-state index in [4.69, 9.17) is 0 Å². The summed E-state index contributed by atoms with van der Waals surface area (Å²) >= 11 is 0. The Bertz CT molecular complexity index is 694. The lowest BCUT2D eigenvalue weighted by Crippen LogP contribution is -2.18. The van der Waals surface area contributed by atoms with E-state index in [0.29, 0.717) is 6.04 Å². The Morgan fingerprint density at radius 2 is 2.15 bits per heavy atom. The van der Waals surface area contributed by atoms with Gasteiger partial charge in [-0.1, -0.05) is 18.8 Å². The van der Waals surface area contributed by atoms with Gasteiger partial charge in [-0.15, -0.1) is 0 Å². The van der Waals surface area contributed by atoms with Crippen LogP contribution in [0.15, 0.2) is 12.3 Å². The van der Waals surface area contributed by atoms with Crippen molar-refractivity contribution in [3.8, 4) is 11.8 Å². The molecule has 0 amide bonds. The van der Waals surface area contributed by atoms with Gasteiger partial charge < -0.3 is 4.57 Å². The van der Waals surface area contributed by atoms with Crippen LogP contribution in [0.4, 0.5) is 0 Å². The topological polar surface area (TPSA) is 17.8 Å². The van der Waals surface area contributed by atoms with Crippen LogP contribution >= 0.6 is 0 Å². The van der Waals surface area contributed by atoms with E-state index in [2.05, 4.69) is 48.2 Å². The maximum absolute atomic E-state index is 4.69. The molecule has 0 N–H and O–H groups in total. The summed E-state index contributed by atoms with van der Waals surface area (Å²) in [6.07, 6.45) is 7.95. The van der Waals surface area contributed by atoms with Crippen LogP contribution in [0.3, 0.4) is 0 Å². The van der Waals surface area contributed by atoms with E-state index < -0.39 is 0 Å². The van der Waals surface area contributed by atoms with Gasteiger partial charge in [-0.2, -0.15) is 0 Å². The van der Waals surface area contributed by atoms with E-state index in [1.165, 1.54) is 41.5 Å². The number of hydrogen-bond donors (Lipinski definition) is 0. The second-order valence-electron chi connectivity index (χ2n) is 5.85. The Morgan fingerprint density at radius 3 is 2.80 bits per heavy atom. The average Bonchev–Trinajstić information content (AvgIpc) is 2.62. The number of aromatic nitrogens is 2. The lowest BCUT2D eigenvalue weighted by Gasteiger charge is -2.29. The number of unbranched alkanes of at least 4 members (excludes halogenated alkanes) is 1. The molecule has 1 fully saturated rings. The third-order valence-electron chi connectivity index (χ3n) is 4.25. The van der Waals surface area contributed by atoms with Gasteiger partial charge in [0.1, 0.15) is 5.65 Å². The van der Waals surface area contributed by atoms with Crippen molar-refractivity contribution in [1.82, 2.24) is 9.55 Å². The van der Waals surface area contributed by atoms with E-state index in [1.807, 2.05) is 6.20 Å². The van der Waals surface area contributed by atoms with Crippen LogP contribution in [0.5, 0.6) is 0 Å². The predicted molar refractivity (Wildman–Crippen MR) is 83.9 cm³/mol. The maximum atomic E-state index is 4.69. The van der Waals surface area contributed by atoms with E-state index >= 15 is 0 Å². The molecule has 2 aromatic heterocycles. The van der Waals surface area contributed by atoms with Gasteiger partial charge in [0.2, 0.25) is 0 Å². The summed E-state index contributed by atoms with van der Waals surface area (Å²) in [5, 5.41) is 1.23. The predicted octanol–water partition coefficient (Wildman–Crippen LogP) is 4.53. The molecule has 3 rings (SSSR count). The van der Waals surface area contributed by atoms with Gasteiger partial charge in [-0.25, -0.2) is 4.98 Å². The molecule has 0 atom stereocenters. The molecule has 0 spiro atoms. The maximum Gasteiger partial charge on any atom is 0.141 e. The number of rotatable bonds is 2. The quantitative estimate of drug-likeness (QED) is 0.730. The summed E-state index contributed by atoms with van der Waals surface area (Å²) in [5.74, 6) is 6.70. The van der Waals surface area contributed by atoms with Crippen molar-refractivity contribution < 1.29 is 0 Å². The summed E-state index contributed by atoms with van der Waals surface area (Å²) in [4.78, 5) is 4.69. The van der Waals surface area contributed by atoms with Crippen LogP contribution in [-0.4, -0.2) is 9.55 Å². The first kappa shape index (κ1) is 13.2. The molecule has 0 radical (unpaired) electrons. The highest BCUT2D eigenvalue weighted by atomic mass is 15.1. The van der Waals surface area contributed by atoms with Crippen molar-refractivity contribution in [3.05, 3.63) is 29.1 Å². The molecule has 1 aliphatic carbocycles. The lowest BCUT2D eigenvalue weighted by atomic mass is 9.92. The summed E-state index contributed by atoms with van der Waals surface area (Å²) < 4.78 is 2.42. The molecule has 104 valence electrons. The minimum absolute atomic E-state index is 0.634. The summed E-state index contributed by atoms with van der Waals surface area (Å²) in [6.45, 7) is 6.47. The molecule has 0 unspecified atom stereocenters. The van der Waals surface area contributed by atoms with Gasteiger partial charge in [-0.3, -0.25) is 0 Å². The first-order valence-corrected chi connectivity index (χ1v) is 7.68. The smallest absolute Gasteiger partial charge is 0.141 e. The molecule has 0 saturated heterocycles. The Hall–Kier alpha value is -1.75. The number of hydrogen-bond acceptors (Lipinski definition) is 1. The van der Waals surface area contributed by atoms with Crippen LogP contribution in [-0.2, 0) is 0 Å². The minimum Gasteiger partial charge on any atom is -0.326 e. The number of nitrogens with zero attached hydrogens (tertiary/aromatic N) is 2. The van der Waals surface area contributed by atoms with Crippen molar-refractivity contribution in [1.29, 1.82) is 0 Å². The Kier molecular flexibility index (Phi) is 3.53. The minimum atomic E-state index is 0.634. The Balaban J connectivity index is 2.19. The number of fused-ring (bicyclic) bond motifs is 1. The van der Waals surface area contributed by atoms with Gasteiger partial charge in [0, 0.05) is 29.7 Å². The van der Waals surface area contributed by atoms with Crippen molar-refractivity contribution in [2.24, 2.45) is 0 Å². The molecule has 1 saturated carbocycles. The number of pyridine rings is 1. The van der Waals surface area contributed by atoms with Gasteiger partial charge in [0.15, 0.2) is 0 Å². The second-order valence-corrected chi connectivity index (χ2v) is 5.85. The molecule has 2 heteroatoms. The van der Waals surface area contributed by atoms with Gasteiger partial charge in [0.25, 0.3) is 0 Å². The third-order valence-corrected chi connectivity index (χ3v) is 4.25. The van der Waals surface area contributed by atoms with Crippen molar-refractivity contribution in [2.45, 2.75) is 58.9 Å².